The molecule has 1 atom stereocenters. The van der Waals surface area contributed by atoms with Crippen LogP contribution in [0.25, 0.3) is 0 Å². The molecule has 11 heteroatoms. The van der Waals surface area contributed by atoms with Crippen LogP contribution in [0.15, 0.2) is 42.5 Å². The van der Waals surface area contributed by atoms with E-state index in [4.69, 9.17) is 14.2 Å². The molecule has 4 rings (SSSR count). The number of amides is 2. The Labute approximate surface area is 236 Å². The average molecular weight is 574 g/mol. The van der Waals surface area contributed by atoms with Crippen molar-refractivity contribution in [1.29, 1.82) is 0 Å². The van der Waals surface area contributed by atoms with Gasteiger partial charge in [0.05, 0.1) is 18.6 Å². The molecular formula is C29H39N3O7S. The third-order valence-electron chi connectivity index (χ3n) is 7.37. The lowest BCUT2D eigenvalue weighted by atomic mass is 10.1. The van der Waals surface area contributed by atoms with E-state index in [9.17, 15) is 18.0 Å². The predicted molar refractivity (Wildman–Crippen MR) is 152 cm³/mol. The first-order valence-corrected chi connectivity index (χ1v) is 15.5. The molecular weight excluding hydrogens is 534 g/mol. The van der Waals surface area contributed by atoms with Crippen LogP contribution in [0.2, 0.25) is 0 Å². The van der Waals surface area contributed by atoms with Crippen LogP contribution in [-0.2, 0) is 26.2 Å². The Kier molecular flexibility index (Phi) is 9.78. The molecule has 1 aliphatic carbocycles. The van der Waals surface area contributed by atoms with Gasteiger partial charge in [0.2, 0.25) is 21.8 Å². The quantitative estimate of drug-likeness (QED) is 0.413. The molecule has 0 bridgehead atoms. The van der Waals surface area contributed by atoms with Gasteiger partial charge in [-0.2, -0.15) is 0 Å². The summed E-state index contributed by atoms with van der Waals surface area (Å²) in [6.07, 6.45) is 4.33. The highest BCUT2D eigenvalue weighted by molar-refractivity contribution is 7.92. The van der Waals surface area contributed by atoms with E-state index in [1.54, 1.807) is 31.4 Å². The molecule has 2 aliphatic rings. The Morgan fingerprint density at radius 3 is 2.45 bits per heavy atom. The van der Waals surface area contributed by atoms with Gasteiger partial charge in [-0.25, -0.2) is 8.42 Å². The van der Waals surface area contributed by atoms with E-state index >= 15 is 0 Å². The molecule has 0 spiro atoms. The van der Waals surface area contributed by atoms with Crippen molar-refractivity contribution in [3.63, 3.8) is 0 Å². The van der Waals surface area contributed by atoms with E-state index in [1.165, 1.54) is 11.8 Å². The summed E-state index contributed by atoms with van der Waals surface area (Å²) >= 11 is 0. The van der Waals surface area contributed by atoms with Crippen molar-refractivity contribution in [2.75, 3.05) is 36.9 Å². The Hall–Kier alpha value is -3.47. The SMILES string of the molecule is CCC(C(=O)NC1CCCC1)N(Cc1cccc(OC)c1)C(=O)CN(c1ccc2c(c1)OCCO2)S(=O)(=O)CC. The van der Waals surface area contributed by atoms with Crippen LogP contribution < -0.4 is 23.8 Å². The lowest BCUT2D eigenvalue weighted by molar-refractivity contribution is -0.140. The number of hydrogen-bond acceptors (Lipinski definition) is 7. The number of fused-ring (bicyclic) bond motifs is 1. The number of carbonyl (C=O) groups is 2. The lowest BCUT2D eigenvalue weighted by Gasteiger charge is -2.34. The van der Waals surface area contributed by atoms with E-state index in [-0.39, 0.29) is 24.2 Å². The van der Waals surface area contributed by atoms with Gasteiger partial charge in [-0.1, -0.05) is 31.9 Å². The molecule has 2 aromatic rings. The normalized spacial score (nSPS) is 15.8. The average Bonchev–Trinajstić information content (AvgIpc) is 3.48. The first-order valence-electron chi connectivity index (χ1n) is 13.9. The molecule has 1 heterocycles. The molecule has 1 N–H and O–H groups in total. The number of rotatable bonds is 12. The Balaban J connectivity index is 1.66. The van der Waals surface area contributed by atoms with Crippen molar-refractivity contribution in [3.05, 3.63) is 48.0 Å². The number of anilines is 1. The van der Waals surface area contributed by atoms with Crippen LogP contribution in [0.5, 0.6) is 17.2 Å². The maximum Gasteiger partial charge on any atom is 0.244 e. The maximum absolute atomic E-state index is 14.0. The van der Waals surface area contributed by atoms with E-state index in [0.29, 0.717) is 42.6 Å². The molecule has 218 valence electrons. The summed E-state index contributed by atoms with van der Waals surface area (Å²) < 4.78 is 44.2. The van der Waals surface area contributed by atoms with Crippen LogP contribution in [0.3, 0.4) is 0 Å². The summed E-state index contributed by atoms with van der Waals surface area (Å²) in [7, 11) is -2.29. The number of ether oxygens (including phenoxy) is 3. The van der Waals surface area contributed by atoms with Crippen molar-refractivity contribution in [3.8, 4) is 17.2 Å². The summed E-state index contributed by atoms with van der Waals surface area (Å²) in [5.41, 5.74) is 1.06. The van der Waals surface area contributed by atoms with Gasteiger partial charge in [-0.3, -0.25) is 13.9 Å². The second kappa shape index (κ2) is 13.3. The Morgan fingerprint density at radius 2 is 1.77 bits per heavy atom. The van der Waals surface area contributed by atoms with Crippen LogP contribution >= 0.6 is 0 Å². The van der Waals surface area contributed by atoms with Crippen LogP contribution in [0.1, 0.15) is 51.5 Å². The Morgan fingerprint density at radius 1 is 1.05 bits per heavy atom. The van der Waals surface area contributed by atoms with Crippen molar-refractivity contribution < 1.29 is 32.2 Å². The maximum atomic E-state index is 14.0. The zero-order chi connectivity index (χ0) is 28.7. The molecule has 2 aromatic carbocycles. The van der Waals surface area contributed by atoms with Gasteiger partial charge in [0.1, 0.15) is 31.5 Å². The monoisotopic (exact) mass is 573 g/mol. The number of carbonyl (C=O) groups excluding carboxylic acids is 2. The standard InChI is InChI=1S/C29H39N3O7S/c1-4-25(29(34)30-22-10-6-7-11-22)31(19-21-9-8-12-24(17-21)37-3)28(33)20-32(40(35,36)5-2)23-13-14-26-27(18-23)39-16-15-38-26/h8-9,12-14,17-18,22,25H,4-7,10-11,15-16,19-20H2,1-3H3,(H,30,34). The summed E-state index contributed by atoms with van der Waals surface area (Å²) in [6.45, 7) is 3.79. The topological polar surface area (TPSA) is 114 Å². The van der Waals surface area contributed by atoms with Crippen LogP contribution in [0, 0.1) is 0 Å². The first kappa shape index (κ1) is 29.5. The van der Waals surface area contributed by atoms with Gasteiger partial charge in [0.15, 0.2) is 11.5 Å². The highest BCUT2D eigenvalue weighted by atomic mass is 32.2. The number of benzene rings is 2. The molecule has 0 radical (unpaired) electrons. The minimum atomic E-state index is -3.85. The fourth-order valence-electron chi connectivity index (χ4n) is 5.16. The van der Waals surface area contributed by atoms with E-state index in [0.717, 1.165) is 35.6 Å². The molecule has 0 saturated heterocycles. The zero-order valence-corrected chi connectivity index (χ0v) is 24.2. The summed E-state index contributed by atoms with van der Waals surface area (Å²) in [5.74, 6) is 0.648. The molecule has 1 unspecified atom stereocenters. The first-order chi connectivity index (χ1) is 19.2. The molecule has 10 nitrogen and oxygen atoms in total. The number of nitrogens with zero attached hydrogens (tertiary/aromatic N) is 2. The van der Waals surface area contributed by atoms with Gasteiger partial charge in [0.25, 0.3) is 0 Å². The third kappa shape index (κ3) is 6.99. The van der Waals surface area contributed by atoms with E-state index < -0.39 is 28.5 Å². The fraction of sp³-hybridized carbons (Fsp3) is 0.517. The highest BCUT2D eigenvalue weighted by Crippen LogP contribution is 2.35. The van der Waals surface area contributed by atoms with Crippen molar-refractivity contribution in [2.45, 2.75) is 64.6 Å². The fourth-order valence-corrected chi connectivity index (χ4v) is 6.22. The second-order valence-corrected chi connectivity index (χ2v) is 12.2. The van der Waals surface area contributed by atoms with Gasteiger partial charge in [-0.15, -0.1) is 0 Å². The minimum absolute atomic E-state index is 0.0880. The summed E-state index contributed by atoms with van der Waals surface area (Å²) in [5, 5.41) is 3.11. The smallest absolute Gasteiger partial charge is 0.244 e. The van der Waals surface area contributed by atoms with E-state index in [2.05, 4.69) is 5.32 Å². The summed E-state index contributed by atoms with van der Waals surface area (Å²) in [6, 6.07) is 11.4. The van der Waals surface area contributed by atoms with Crippen molar-refractivity contribution >= 4 is 27.5 Å². The number of methoxy groups -OCH3 is 1. The van der Waals surface area contributed by atoms with Gasteiger partial charge < -0.3 is 24.4 Å². The van der Waals surface area contributed by atoms with Crippen molar-refractivity contribution in [1.82, 2.24) is 10.2 Å². The Bertz CT molecular complexity index is 1290. The number of nitrogens with one attached hydrogen (secondary N) is 1. The molecule has 40 heavy (non-hydrogen) atoms. The minimum Gasteiger partial charge on any atom is -0.497 e. The van der Waals surface area contributed by atoms with Crippen LogP contribution in [-0.4, -0.2) is 69.8 Å². The summed E-state index contributed by atoms with van der Waals surface area (Å²) in [4.78, 5) is 29.0. The van der Waals surface area contributed by atoms with Crippen LogP contribution in [0.4, 0.5) is 5.69 Å². The molecule has 0 aromatic heterocycles. The number of hydrogen-bond donors (Lipinski definition) is 1. The predicted octanol–water partition coefficient (Wildman–Crippen LogP) is 3.49. The second-order valence-electron chi connectivity index (χ2n) is 10.0. The zero-order valence-electron chi connectivity index (χ0n) is 23.4. The molecule has 1 aliphatic heterocycles. The number of sulfonamides is 1. The van der Waals surface area contributed by atoms with Gasteiger partial charge in [-0.05, 0) is 56.0 Å². The lowest BCUT2D eigenvalue weighted by Crippen LogP contribution is -2.53. The highest BCUT2D eigenvalue weighted by Gasteiger charge is 2.34. The molecule has 2 amide bonds. The van der Waals surface area contributed by atoms with Gasteiger partial charge >= 0.3 is 0 Å². The third-order valence-corrected chi connectivity index (χ3v) is 9.11. The van der Waals surface area contributed by atoms with E-state index in [1.807, 2.05) is 25.1 Å². The van der Waals surface area contributed by atoms with Crippen molar-refractivity contribution in [2.24, 2.45) is 0 Å². The molecule has 1 fully saturated rings. The van der Waals surface area contributed by atoms with Gasteiger partial charge in [0, 0.05) is 18.7 Å². The molecule has 1 saturated carbocycles. The largest absolute Gasteiger partial charge is 0.497 e.